The summed E-state index contributed by atoms with van der Waals surface area (Å²) in [6.07, 6.45) is 1.47. The molecule has 1 aromatic carbocycles. The molecular weight excluding hydrogens is 380 g/mol. The van der Waals surface area contributed by atoms with Gasteiger partial charge in [0.1, 0.15) is 0 Å². The number of anilines is 2. The minimum Gasteiger partial charge on any atom is -0.459 e. The quantitative estimate of drug-likeness (QED) is 0.716. The van der Waals surface area contributed by atoms with Gasteiger partial charge in [-0.05, 0) is 50.0 Å². The fraction of sp³-hybridized carbons (Fsp3) is 0.478. The number of likely N-dealkylation sites (N-methyl/N-ethyl adjacent to an activating group) is 1. The van der Waals surface area contributed by atoms with Crippen molar-refractivity contribution in [3.05, 3.63) is 47.9 Å². The van der Waals surface area contributed by atoms with Crippen molar-refractivity contribution in [1.29, 1.82) is 0 Å². The zero-order valence-electron chi connectivity index (χ0n) is 19.2. The van der Waals surface area contributed by atoms with Crippen LogP contribution in [0.2, 0.25) is 0 Å². The van der Waals surface area contributed by atoms with Crippen molar-refractivity contribution >= 4 is 23.2 Å². The first-order valence-electron chi connectivity index (χ1n) is 10.1. The maximum absolute atomic E-state index is 13.1. The number of benzene rings is 1. The van der Waals surface area contributed by atoms with E-state index in [-0.39, 0.29) is 17.6 Å². The highest BCUT2D eigenvalue weighted by molar-refractivity contribution is 6.02. The molecule has 1 aromatic heterocycles. The first-order valence-corrected chi connectivity index (χ1v) is 10.1. The van der Waals surface area contributed by atoms with E-state index in [0.717, 1.165) is 17.8 Å². The smallest absolute Gasteiger partial charge is 0.291 e. The molecule has 0 aliphatic rings. The van der Waals surface area contributed by atoms with Gasteiger partial charge >= 0.3 is 0 Å². The van der Waals surface area contributed by atoms with E-state index in [4.69, 9.17) is 4.42 Å². The fourth-order valence-electron chi connectivity index (χ4n) is 3.08. The lowest BCUT2D eigenvalue weighted by Crippen LogP contribution is -2.42. The topological polar surface area (TPSA) is 69.0 Å². The minimum absolute atomic E-state index is 0.0964. The number of furan rings is 1. The molecule has 0 unspecified atom stereocenters. The predicted molar refractivity (Wildman–Crippen MR) is 121 cm³/mol. The molecule has 7 nitrogen and oxygen atoms in total. The molecule has 0 aliphatic carbocycles. The molecular formula is C23H34N4O3. The summed E-state index contributed by atoms with van der Waals surface area (Å²) in [6, 6.07) is 9.04. The van der Waals surface area contributed by atoms with Crippen LogP contribution in [0.3, 0.4) is 0 Å². The van der Waals surface area contributed by atoms with Crippen LogP contribution in [0.25, 0.3) is 0 Å². The van der Waals surface area contributed by atoms with Gasteiger partial charge in [0, 0.05) is 50.5 Å². The van der Waals surface area contributed by atoms with Gasteiger partial charge in [0.15, 0.2) is 5.76 Å². The Labute approximate surface area is 179 Å². The number of hydrogen-bond acceptors (Lipinski definition) is 5. The van der Waals surface area contributed by atoms with Gasteiger partial charge in [0.25, 0.3) is 5.91 Å². The Hall–Kier alpha value is -2.80. The van der Waals surface area contributed by atoms with Crippen LogP contribution < -0.4 is 10.2 Å². The molecule has 0 bridgehead atoms. The Morgan fingerprint density at radius 2 is 1.73 bits per heavy atom. The van der Waals surface area contributed by atoms with Crippen molar-refractivity contribution in [3.8, 4) is 0 Å². The average molecular weight is 415 g/mol. The van der Waals surface area contributed by atoms with Gasteiger partial charge in [0.2, 0.25) is 5.91 Å². The van der Waals surface area contributed by atoms with Crippen molar-refractivity contribution in [2.75, 3.05) is 51.5 Å². The number of nitrogens with zero attached hydrogens (tertiary/aromatic N) is 3. The summed E-state index contributed by atoms with van der Waals surface area (Å²) in [5.41, 5.74) is 2.15. The second-order valence-corrected chi connectivity index (χ2v) is 8.95. The lowest BCUT2D eigenvalue weighted by Gasteiger charge is -2.32. The summed E-state index contributed by atoms with van der Waals surface area (Å²) in [6.45, 7) is 7.66. The van der Waals surface area contributed by atoms with Gasteiger partial charge in [-0.15, -0.1) is 0 Å². The van der Waals surface area contributed by atoms with E-state index in [1.54, 1.807) is 12.1 Å². The van der Waals surface area contributed by atoms with Crippen LogP contribution in [-0.4, -0.2) is 62.9 Å². The van der Waals surface area contributed by atoms with Crippen molar-refractivity contribution in [2.24, 2.45) is 5.41 Å². The van der Waals surface area contributed by atoms with Gasteiger partial charge in [0.05, 0.1) is 6.26 Å². The van der Waals surface area contributed by atoms with Crippen LogP contribution in [0.1, 0.15) is 36.9 Å². The van der Waals surface area contributed by atoms with Crippen LogP contribution >= 0.6 is 0 Å². The Balaban J connectivity index is 2.32. The molecule has 1 N–H and O–H groups in total. The third-order valence-electron chi connectivity index (χ3n) is 4.67. The van der Waals surface area contributed by atoms with Crippen molar-refractivity contribution < 1.29 is 14.0 Å². The van der Waals surface area contributed by atoms with E-state index in [2.05, 4.69) is 10.2 Å². The van der Waals surface area contributed by atoms with Gasteiger partial charge in [-0.25, -0.2) is 0 Å². The summed E-state index contributed by atoms with van der Waals surface area (Å²) >= 11 is 0. The standard InChI is InChI=1S/C23H34N4O3/c1-23(2,3)22(29)27(13-12-25(4)5)16-17-15-18(10-11-19(17)26(6)7)24-21(28)20-9-8-14-30-20/h8-11,14-15H,12-13,16H2,1-7H3,(H,24,28). The molecule has 0 fully saturated rings. The number of nitrogens with one attached hydrogen (secondary N) is 1. The highest BCUT2D eigenvalue weighted by atomic mass is 16.3. The summed E-state index contributed by atoms with van der Waals surface area (Å²) in [4.78, 5) is 31.4. The molecule has 2 rings (SSSR count). The zero-order valence-corrected chi connectivity index (χ0v) is 19.2. The highest BCUT2D eigenvalue weighted by Gasteiger charge is 2.28. The van der Waals surface area contributed by atoms with E-state index in [1.165, 1.54) is 6.26 Å². The molecule has 2 aromatic rings. The molecule has 0 atom stereocenters. The third-order valence-corrected chi connectivity index (χ3v) is 4.67. The molecule has 0 saturated carbocycles. The van der Waals surface area contributed by atoms with Crippen LogP contribution in [0.5, 0.6) is 0 Å². The van der Waals surface area contributed by atoms with Crippen molar-refractivity contribution in [2.45, 2.75) is 27.3 Å². The first-order chi connectivity index (χ1) is 14.0. The molecule has 1 heterocycles. The molecule has 30 heavy (non-hydrogen) atoms. The van der Waals surface area contributed by atoms with Gasteiger partial charge < -0.3 is 24.4 Å². The van der Waals surface area contributed by atoms with Crippen molar-refractivity contribution in [1.82, 2.24) is 9.80 Å². The number of carbonyl (C=O) groups is 2. The molecule has 2 amide bonds. The third kappa shape index (κ3) is 6.35. The van der Waals surface area contributed by atoms with Gasteiger partial charge in [-0.2, -0.15) is 0 Å². The lowest BCUT2D eigenvalue weighted by atomic mass is 9.94. The highest BCUT2D eigenvalue weighted by Crippen LogP contribution is 2.27. The van der Waals surface area contributed by atoms with Crippen molar-refractivity contribution in [3.63, 3.8) is 0 Å². The zero-order chi connectivity index (χ0) is 22.5. The molecule has 7 heteroatoms. The fourth-order valence-corrected chi connectivity index (χ4v) is 3.08. The molecule has 0 saturated heterocycles. The SMILES string of the molecule is CN(C)CCN(Cc1cc(NC(=O)c2ccco2)ccc1N(C)C)C(=O)C(C)(C)C. The van der Waals surface area contributed by atoms with Gasteiger partial charge in [-0.1, -0.05) is 20.8 Å². The number of hydrogen-bond donors (Lipinski definition) is 1. The largest absolute Gasteiger partial charge is 0.459 e. The Morgan fingerprint density at radius 1 is 1.03 bits per heavy atom. The van der Waals surface area contributed by atoms with E-state index in [1.807, 2.05) is 77.0 Å². The van der Waals surface area contributed by atoms with E-state index in [0.29, 0.717) is 18.8 Å². The summed E-state index contributed by atoms with van der Waals surface area (Å²) < 4.78 is 5.17. The minimum atomic E-state index is -0.476. The Morgan fingerprint density at radius 3 is 2.27 bits per heavy atom. The van der Waals surface area contributed by atoms with Gasteiger partial charge in [-0.3, -0.25) is 9.59 Å². The monoisotopic (exact) mass is 414 g/mol. The first kappa shape index (κ1) is 23.5. The van der Waals surface area contributed by atoms with Crippen LogP contribution in [0, 0.1) is 5.41 Å². The van der Waals surface area contributed by atoms with Crippen LogP contribution in [0.4, 0.5) is 11.4 Å². The van der Waals surface area contributed by atoms with E-state index >= 15 is 0 Å². The Kier molecular flexibility index (Phi) is 7.67. The molecule has 0 spiro atoms. The number of amides is 2. The predicted octanol–water partition coefficient (Wildman–Crippen LogP) is 3.53. The molecule has 0 radical (unpaired) electrons. The second kappa shape index (κ2) is 9.80. The van der Waals surface area contributed by atoms with Crippen LogP contribution in [-0.2, 0) is 11.3 Å². The number of rotatable bonds is 8. The van der Waals surface area contributed by atoms with E-state index in [9.17, 15) is 9.59 Å². The normalized spacial score (nSPS) is 11.5. The second-order valence-electron chi connectivity index (χ2n) is 8.95. The average Bonchev–Trinajstić information content (AvgIpc) is 3.18. The Bertz CT molecular complexity index is 852. The molecule has 0 aliphatic heterocycles. The maximum atomic E-state index is 13.1. The van der Waals surface area contributed by atoms with Crippen LogP contribution in [0.15, 0.2) is 41.0 Å². The summed E-state index contributed by atoms with van der Waals surface area (Å²) in [5, 5.41) is 2.87. The van der Waals surface area contributed by atoms with E-state index < -0.39 is 5.41 Å². The number of carbonyl (C=O) groups excluding carboxylic acids is 2. The molecule has 164 valence electrons. The maximum Gasteiger partial charge on any atom is 0.291 e. The summed E-state index contributed by atoms with van der Waals surface area (Å²) in [5.74, 6) is 0.0432. The summed E-state index contributed by atoms with van der Waals surface area (Å²) in [7, 11) is 7.93. The lowest BCUT2D eigenvalue weighted by molar-refractivity contribution is -0.140.